The summed E-state index contributed by atoms with van der Waals surface area (Å²) >= 11 is 0. The standard InChI is InChI=1S/C26H33N3O3/c1-17-4-3-5-19-14-22-23(24(30)26(17,19)2)21(25(31)32-22)16-28-10-12-29(13-11-28)20-8-6-18(15-27)7-9-20/h5-9,17,21-24,30H,3-4,10-14,16H2,1-2H3/t17-,21+,22+,23-,24-,26+/m0/s1. The lowest BCUT2D eigenvalue weighted by atomic mass is 9.55. The molecule has 170 valence electrons. The molecule has 6 nitrogen and oxygen atoms in total. The zero-order valence-corrected chi connectivity index (χ0v) is 19.0. The van der Waals surface area contributed by atoms with Gasteiger partial charge in [-0.3, -0.25) is 9.69 Å². The first-order valence-corrected chi connectivity index (χ1v) is 12.0. The lowest BCUT2D eigenvalue weighted by molar-refractivity contribution is -0.145. The molecular weight excluding hydrogens is 402 g/mol. The van der Waals surface area contributed by atoms with Gasteiger partial charge in [0.15, 0.2) is 0 Å². The van der Waals surface area contributed by atoms with Crippen LogP contribution in [-0.2, 0) is 9.53 Å². The molecule has 1 N–H and O–H groups in total. The largest absolute Gasteiger partial charge is 0.461 e. The molecule has 32 heavy (non-hydrogen) atoms. The van der Waals surface area contributed by atoms with Crippen molar-refractivity contribution in [3.05, 3.63) is 41.5 Å². The Balaban J connectivity index is 1.26. The number of allylic oxidation sites excluding steroid dienone is 1. The van der Waals surface area contributed by atoms with Gasteiger partial charge in [-0.25, -0.2) is 0 Å². The highest BCUT2D eigenvalue weighted by Gasteiger charge is 2.59. The van der Waals surface area contributed by atoms with Gasteiger partial charge < -0.3 is 14.7 Å². The van der Waals surface area contributed by atoms with Crippen molar-refractivity contribution in [1.82, 2.24) is 4.90 Å². The van der Waals surface area contributed by atoms with Crippen molar-refractivity contribution >= 4 is 11.7 Å². The fraction of sp³-hybridized carbons (Fsp3) is 0.615. The summed E-state index contributed by atoms with van der Waals surface area (Å²) in [5.74, 6) is -0.111. The molecule has 0 unspecified atom stereocenters. The molecule has 1 saturated carbocycles. The SMILES string of the molecule is C[C@H]1CCC=C2C[C@H]3OC(=O)[C@H](CN4CCN(c5ccc(C#N)cc5)CC4)[C@@H]3[C@H](O)[C@@]21C. The van der Waals surface area contributed by atoms with Gasteiger partial charge in [0.05, 0.1) is 23.7 Å². The van der Waals surface area contributed by atoms with Crippen molar-refractivity contribution in [1.29, 1.82) is 5.26 Å². The zero-order valence-electron chi connectivity index (χ0n) is 19.0. The highest BCUT2D eigenvalue weighted by Crippen LogP contribution is 2.56. The van der Waals surface area contributed by atoms with Crippen molar-refractivity contribution in [2.45, 2.75) is 45.3 Å². The third-order valence-corrected chi connectivity index (χ3v) is 8.76. The molecule has 0 bridgehead atoms. The van der Waals surface area contributed by atoms with E-state index in [2.05, 4.69) is 35.8 Å². The van der Waals surface area contributed by atoms with Crippen LogP contribution in [0.4, 0.5) is 5.69 Å². The maximum absolute atomic E-state index is 12.9. The molecule has 0 radical (unpaired) electrons. The molecule has 3 fully saturated rings. The Morgan fingerprint density at radius 3 is 2.62 bits per heavy atom. The number of carbonyl (C=O) groups is 1. The number of esters is 1. The molecule has 0 spiro atoms. The number of anilines is 1. The fourth-order valence-corrected chi connectivity index (χ4v) is 6.49. The molecule has 0 amide bonds. The van der Waals surface area contributed by atoms with Gasteiger partial charge in [0, 0.05) is 56.2 Å². The minimum Gasteiger partial charge on any atom is -0.461 e. The number of benzene rings is 1. The van der Waals surface area contributed by atoms with Gasteiger partial charge in [-0.2, -0.15) is 5.26 Å². The van der Waals surface area contributed by atoms with Crippen LogP contribution >= 0.6 is 0 Å². The number of nitrogens with zero attached hydrogens (tertiary/aromatic N) is 3. The molecule has 2 aliphatic heterocycles. The van der Waals surface area contributed by atoms with Gasteiger partial charge in [0.1, 0.15) is 6.10 Å². The minimum absolute atomic E-state index is 0.123. The highest BCUT2D eigenvalue weighted by molar-refractivity contribution is 5.76. The van der Waals surface area contributed by atoms with E-state index in [1.54, 1.807) is 0 Å². The Morgan fingerprint density at radius 2 is 1.94 bits per heavy atom. The molecule has 1 aromatic rings. The predicted molar refractivity (Wildman–Crippen MR) is 122 cm³/mol. The van der Waals surface area contributed by atoms with E-state index in [1.807, 2.05) is 24.3 Å². The van der Waals surface area contributed by atoms with Crippen molar-refractivity contribution in [3.8, 4) is 6.07 Å². The average molecular weight is 436 g/mol. The minimum atomic E-state index is -0.542. The number of rotatable bonds is 3. The molecule has 6 heteroatoms. The van der Waals surface area contributed by atoms with E-state index in [9.17, 15) is 9.90 Å². The molecule has 5 rings (SSSR count). The van der Waals surface area contributed by atoms with Crippen molar-refractivity contribution in [2.24, 2.45) is 23.2 Å². The maximum atomic E-state index is 12.9. The van der Waals surface area contributed by atoms with Crippen LogP contribution in [0.3, 0.4) is 0 Å². The molecular formula is C26H33N3O3. The quantitative estimate of drug-likeness (QED) is 0.581. The van der Waals surface area contributed by atoms with Crippen LogP contribution in [0.25, 0.3) is 0 Å². The summed E-state index contributed by atoms with van der Waals surface area (Å²) < 4.78 is 5.83. The van der Waals surface area contributed by atoms with Crippen LogP contribution in [0.5, 0.6) is 0 Å². The number of nitriles is 1. The van der Waals surface area contributed by atoms with Crippen LogP contribution in [0.15, 0.2) is 35.9 Å². The third kappa shape index (κ3) is 3.43. The van der Waals surface area contributed by atoms with Crippen LogP contribution in [0.2, 0.25) is 0 Å². The Hall–Kier alpha value is -2.36. The molecule has 2 aliphatic carbocycles. The smallest absolute Gasteiger partial charge is 0.311 e. The highest BCUT2D eigenvalue weighted by atomic mass is 16.6. The van der Waals surface area contributed by atoms with E-state index in [0.29, 0.717) is 18.0 Å². The first-order chi connectivity index (χ1) is 15.4. The van der Waals surface area contributed by atoms with E-state index in [-0.39, 0.29) is 29.3 Å². The van der Waals surface area contributed by atoms with Crippen LogP contribution < -0.4 is 4.90 Å². The Bertz CT molecular complexity index is 944. The second kappa shape index (κ2) is 8.20. The second-order valence-electron chi connectivity index (χ2n) is 10.2. The maximum Gasteiger partial charge on any atom is 0.311 e. The number of aliphatic hydroxyl groups excluding tert-OH is 1. The van der Waals surface area contributed by atoms with Gasteiger partial charge in [-0.1, -0.05) is 25.5 Å². The summed E-state index contributed by atoms with van der Waals surface area (Å²) in [6, 6.07) is 9.88. The predicted octanol–water partition coefficient (Wildman–Crippen LogP) is 2.97. The summed E-state index contributed by atoms with van der Waals surface area (Å²) in [4.78, 5) is 17.6. The number of carbonyl (C=O) groups excluding carboxylic acids is 1. The van der Waals surface area contributed by atoms with Gasteiger partial charge in [0.25, 0.3) is 0 Å². The van der Waals surface area contributed by atoms with Crippen molar-refractivity contribution < 1.29 is 14.6 Å². The third-order valence-electron chi connectivity index (χ3n) is 8.76. The molecule has 0 aromatic heterocycles. The molecule has 6 atom stereocenters. The van der Waals surface area contributed by atoms with Gasteiger partial charge in [-0.15, -0.1) is 0 Å². The number of aliphatic hydroxyl groups is 1. The number of ether oxygens (including phenoxy) is 1. The molecule has 4 aliphatic rings. The van der Waals surface area contributed by atoms with E-state index in [4.69, 9.17) is 10.00 Å². The van der Waals surface area contributed by atoms with E-state index in [0.717, 1.165) is 51.1 Å². The normalized spacial score (nSPS) is 37.2. The van der Waals surface area contributed by atoms with E-state index in [1.165, 1.54) is 5.57 Å². The zero-order chi connectivity index (χ0) is 22.5. The van der Waals surface area contributed by atoms with Crippen molar-refractivity contribution in [2.75, 3.05) is 37.6 Å². The first kappa shape index (κ1) is 21.5. The Labute approximate surface area is 190 Å². The number of piperazine rings is 1. The summed E-state index contributed by atoms with van der Waals surface area (Å²) in [7, 11) is 0. The van der Waals surface area contributed by atoms with Crippen LogP contribution in [0.1, 0.15) is 38.7 Å². The summed E-state index contributed by atoms with van der Waals surface area (Å²) in [6.07, 6.45) is 4.47. The lowest BCUT2D eigenvalue weighted by Crippen LogP contribution is -2.55. The van der Waals surface area contributed by atoms with Gasteiger partial charge in [-0.05, 0) is 43.0 Å². The van der Waals surface area contributed by atoms with Crippen LogP contribution in [0, 0.1) is 34.5 Å². The molecule has 1 aromatic carbocycles. The topological polar surface area (TPSA) is 76.8 Å². The fourth-order valence-electron chi connectivity index (χ4n) is 6.49. The van der Waals surface area contributed by atoms with Gasteiger partial charge in [0.2, 0.25) is 0 Å². The first-order valence-electron chi connectivity index (χ1n) is 12.0. The Morgan fingerprint density at radius 1 is 1.22 bits per heavy atom. The van der Waals surface area contributed by atoms with Crippen molar-refractivity contribution in [3.63, 3.8) is 0 Å². The summed E-state index contributed by atoms with van der Waals surface area (Å²) in [5, 5.41) is 20.5. The lowest BCUT2D eigenvalue weighted by Gasteiger charge is -2.52. The van der Waals surface area contributed by atoms with Crippen LogP contribution in [-0.4, -0.2) is 60.9 Å². The van der Waals surface area contributed by atoms with E-state index >= 15 is 0 Å². The van der Waals surface area contributed by atoms with Gasteiger partial charge >= 0.3 is 5.97 Å². The molecule has 2 saturated heterocycles. The second-order valence-corrected chi connectivity index (χ2v) is 10.2. The number of hydrogen-bond donors (Lipinski definition) is 1. The number of fused-ring (bicyclic) bond motifs is 2. The summed E-state index contributed by atoms with van der Waals surface area (Å²) in [5.41, 5.74) is 2.84. The Kier molecular flexibility index (Phi) is 5.51. The molecule has 2 heterocycles. The van der Waals surface area contributed by atoms with E-state index < -0.39 is 6.10 Å². The summed E-state index contributed by atoms with van der Waals surface area (Å²) in [6.45, 7) is 8.59. The number of hydrogen-bond acceptors (Lipinski definition) is 6. The monoisotopic (exact) mass is 435 g/mol. The average Bonchev–Trinajstić information content (AvgIpc) is 3.11.